The van der Waals surface area contributed by atoms with E-state index < -0.39 is 0 Å². The summed E-state index contributed by atoms with van der Waals surface area (Å²) >= 11 is 0. The molecule has 0 aliphatic carbocycles. The van der Waals surface area contributed by atoms with Gasteiger partial charge in [0, 0.05) is 36.4 Å². The van der Waals surface area contributed by atoms with Crippen molar-refractivity contribution in [3.05, 3.63) is 33.9 Å². The maximum atomic E-state index is 11.1. The van der Waals surface area contributed by atoms with E-state index in [-0.39, 0.29) is 10.6 Å². The summed E-state index contributed by atoms with van der Waals surface area (Å²) in [5, 5.41) is 14.6. The Morgan fingerprint density at radius 3 is 2.62 bits per heavy atom. The summed E-state index contributed by atoms with van der Waals surface area (Å²) in [7, 11) is 0. The van der Waals surface area contributed by atoms with Gasteiger partial charge in [-0.3, -0.25) is 10.1 Å². The van der Waals surface area contributed by atoms with Gasteiger partial charge in [0.1, 0.15) is 0 Å². The van der Waals surface area contributed by atoms with Crippen LogP contribution in [0.4, 0.5) is 11.4 Å². The lowest BCUT2D eigenvalue weighted by atomic mass is 10.0. The van der Waals surface area contributed by atoms with Crippen LogP contribution in [-0.2, 0) is 6.42 Å². The molecule has 0 spiro atoms. The molecule has 1 saturated heterocycles. The minimum Gasteiger partial charge on any atom is -0.382 e. The lowest BCUT2D eigenvalue weighted by molar-refractivity contribution is -0.385. The van der Waals surface area contributed by atoms with Crippen LogP contribution in [-0.4, -0.2) is 35.5 Å². The quantitative estimate of drug-likeness (QED) is 0.644. The van der Waals surface area contributed by atoms with Crippen molar-refractivity contribution in [3.63, 3.8) is 0 Å². The summed E-state index contributed by atoms with van der Waals surface area (Å²) in [5.41, 5.74) is 1.89. The average Bonchev–Trinajstić information content (AvgIpc) is 2.49. The van der Waals surface area contributed by atoms with Crippen molar-refractivity contribution in [3.8, 4) is 0 Å². The topological polar surface area (TPSA) is 58.4 Å². The van der Waals surface area contributed by atoms with Crippen molar-refractivity contribution >= 4 is 11.4 Å². The average molecular weight is 291 g/mol. The summed E-state index contributed by atoms with van der Waals surface area (Å²) in [6.45, 7) is 7.54. The minimum absolute atomic E-state index is 0.228. The van der Waals surface area contributed by atoms with Crippen LogP contribution in [0.25, 0.3) is 0 Å². The second-order valence-corrected chi connectivity index (χ2v) is 5.71. The number of likely N-dealkylation sites (tertiary alicyclic amines) is 1. The zero-order valence-corrected chi connectivity index (χ0v) is 13.0. The Hall–Kier alpha value is -1.62. The standard InChI is InChI=1S/C16H25N3O2/c1-3-9-18-10-7-14(8-11-18)17-15-6-5-13(4-2)16(12-15)19(20)21/h5-6,12,14,17H,3-4,7-11H2,1-2H3. The van der Waals surface area contributed by atoms with Gasteiger partial charge in [0.2, 0.25) is 0 Å². The highest BCUT2D eigenvalue weighted by Gasteiger charge is 2.19. The molecule has 0 bridgehead atoms. The molecule has 0 radical (unpaired) electrons. The Morgan fingerprint density at radius 2 is 2.05 bits per heavy atom. The molecule has 5 nitrogen and oxygen atoms in total. The molecule has 21 heavy (non-hydrogen) atoms. The first-order valence-corrected chi connectivity index (χ1v) is 7.90. The number of nitrogens with zero attached hydrogens (tertiary/aromatic N) is 2. The van der Waals surface area contributed by atoms with Crippen LogP contribution >= 0.6 is 0 Å². The second kappa shape index (κ2) is 7.41. The third-order valence-corrected chi connectivity index (χ3v) is 4.16. The van der Waals surface area contributed by atoms with Gasteiger partial charge in [-0.05, 0) is 38.3 Å². The zero-order chi connectivity index (χ0) is 15.2. The smallest absolute Gasteiger partial charge is 0.274 e. The van der Waals surface area contributed by atoms with Crippen LogP contribution in [0, 0.1) is 10.1 Å². The van der Waals surface area contributed by atoms with Gasteiger partial charge in [-0.15, -0.1) is 0 Å². The highest BCUT2D eigenvalue weighted by Crippen LogP contribution is 2.25. The molecule has 1 aliphatic rings. The van der Waals surface area contributed by atoms with Crippen LogP contribution < -0.4 is 5.32 Å². The fourth-order valence-electron chi connectivity index (χ4n) is 2.98. The monoisotopic (exact) mass is 291 g/mol. The Morgan fingerprint density at radius 1 is 1.33 bits per heavy atom. The van der Waals surface area contributed by atoms with Gasteiger partial charge in [0.15, 0.2) is 0 Å². The summed E-state index contributed by atoms with van der Waals surface area (Å²) in [6.07, 6.45) is 4.08. The molecule has 0 unspecified atom stereocenters. The van der Waals surface area contributed by atoms with Gasteiger partial charge in [-0.1, -0.05) is 19.9 Å². The van der Waals surface area contributed by atoms with Gasteiger partial charge >= 0.3 is 0 Å². The summed E-state index contributed by atoms with van der Waals surface area (Å²) in [5.74, 6) is 0. The summed E-state index contributed by atoms with van der Waals surface area (Å²) < 4.78 is 0. The molecule has 116 valence electrons. The number of hydrogen-bond acceptors (Lipinski definition) is 4. The molecule has 1 aromatic carbocycles. The van der Waals surface area contributed by atoms with Crippen LogP contribution in [0.1, 0.15) is 38.7 Å². The van der Waals surface area contributed by atoms with Crippen LogP contribution in [0.3, 0.4) is 0 Å². The van der Waals surface area contributed by atoms with Crippen molar-refractivity contribution in [2.75, 3.05) is 25.0 Å². The van der Waals surface area contributed by atoms with Crippen LogP contribution in [0.5, 0.6) is 0 Å². The van der Waals surface area contributed by atoms with E-state index in [0.29, 0.717) is 12.5 Å². The molecule has 0 atom stereocenters. The number of piperidine rings is 1. The second-order valence-electron chi connectivity index (χ2n) is 5.71. The van der Waals surface area contributed by atoms with E-state index in [1.807, 2.05) is 19.1 Å². The number of aryl methyl sites for hydroxylation is 1. The van der Waals surface area contributed by atoms with Crippen molar-refractivity contribution in [1.82, 2.24) is 4.90 Å². The number of hydrogen-bond donors (Lipinski definition) is 1. The van der Waals surface area contributed by atoms with Gasteiger partial charge in [0.25, 0.3) is 5.69 Å². The predicted octanol–water partition coefficient (Wildman–Crippen LogP) is 3.44. The molecule has 0 saturated carbocycles. The number of nitro groups is 1. The Balaban J connectivity index is 1.97. The molecule has 1 heterocycles. The molecule has 1 aliphatic heterocycles. The maximum absolute atomic E-state index is 11.1. The van der Waals surface area contributed by atoms with Gasteiger partial charge in [0.05, 0.1) is 4.92 Å². The highest BCUT2D eigenvalue weighted by atomic mass is 16.6. The van der Waals surface area contributed by atoms with E-state index >= 15 is 0 Å². The van der Waals surface area contributed by atoms with E-state index in [1.54, 1.807) is 6.07 Å². The molecule has 0 amide bonds. The normalized spacial score (nSPS) is 16.9. The molecule has 1 fully saturated rings. The van der Waals surface area contributed by atoms with E-state index in [9.17, 15) is 10.1 Å². The number of rotatable bonds is 6. The van der Waals surface area contributed by atoms with Crippen molar-refractivity contribution < 1.29 is 4.92 Å². The summed E-state index contributed by atoms with van der Waals surface area (Å²) in [6, 6.07) is 5.93. The van der Waals surface area contributed by atoms with Gasteiger partial charge in [-0.25, -0.2) is 0 Å². The third kappa shape index (κ3) is 4.17. The predicted molar refractivity (Wildman–Crippen MR) is 85.9 cm³/mol. The van der Waals surface area contributed by atoms with Gasteiger partial charge < -0.3 is 10.2 Å². The van der Waals surface area contributed by atoms with Crippen molar-refractivity contribution in [1.29, 1.82) is 0 Å². The minimum atomic E-state index is -0.284. The summed E-state index contributed by atoms with van der Waals surface area (Å²) in [4.78, 5) is 13.3. The largest absolute Gasteiger partial charge is 0.382 e. The molecule has 1 N–H and O–H groups in total. The van der Waals surface area contributed by atoms with Crippen molar-refractivity contribution in [2.24, 2.45) is 0 Å². The van der Waals surface area contributed by atoms with E-state index in [0.717, 1.165) is 37.2 Å². The number of nitro benzene ring substituents is 1. The Labute approximate surface area is 126 Å². The molecule has 2 rings (SSSR count). The first kappa shape index (κ1) is 15.8. The SMILES string of the molecule is CCCN1CCC(Nc2ccc(CC)c([N+](=O)[O-])c2)CC1. The van der Waals surface area contributed by atoms with Crippen LogP contribution in [0.15, 0.2) is 18.2 Å². The fraction of sp³-hybridized carbons (Fsp3) is 0.625. The van der Waals surface area contributed by atoms with Crippen molar-refractivity contribution in [2.45, 2.75) is 45.6 Å². The van der Waals surface area contributed by atoms with E-state index in [2.05, 4.69) is 17.1 Å². The number of nitrogens with one attached hydrogen (secondary N) is 1. The number of anilines is 1. The molecular weight excluding hydrogens is 266 g/mol. The fourth-order valence-corrected chi connectivity index (χ4v) is 2.98. The van der Waals surface area contributed by atoms with E-state index in [4.69, 9.17) is 0 Å². The first-order valence-electron chi connectivity index (χ1n) is 7.90. The Kier molecular flexibility index (Phi) is 5.56. The zero-order valence-electron chi connectivity index (χ0n) is 13.0. The number of benzene rings is 1. The molecule has 1 aromatic rings. The first-order chi connectivity index (χ1) is 10.1. The molecule has 5 heteroatoms. The molecular formula is C16H25N3O2. The lowest BCUT2D eigenvalue weighted by Gasteiger charge is -2.32. The molecule has 0 aromatic heterocycles. The van der Waals surface area contributed by atoms with Crippen LogP contribution in [0.2, 0.25) is 0 Å². The highest BCUT2D eigenvalue weighted by molar-refractivity contribution is 5.55. The van der Waals surface area contributed by atoms with E-state index in [1.165, 1.54) is 13.0 Å². The lowest BCUT2D eigenvalue weighted by Crippen LogP contribution is -2.39. The van der Waals surface area contributed by atoms with Gasteiger partial charge in [-0.2, -0.15) is 0 Å². The third-order valence-electron chi connectivity index (χ3n) is 4.16. The maximum Gasteiger partial charge on any atom is 0.274 e. The Bertz CT molecular complexity index is 482.